The van der Waals surface area contributed by atoms with Crippen molar-refractivity contribution in [2.75, 3.05) is 18.6 Å². The monoisotopic (exact) mass is 475 g/mol. The quantitative estimate of drug-likeness (QED) is 0.494. The summed E-state index contributed by atoms with van der Waals surface area (Å²) in [7, 11) is 1.68. The molecular weight excluding hydrogens is 442 g/mol. The number of benzene rings is 2. The third kappa shape index (κ3) is 4.64. The molecule has 2 aliphatic rings. The maximum atomic E-state index is 12.8. The van der Waals surface area contributed by atoms with Gasteiger partial charge in [0.15, 0.2) is 5.17 Å². The number of nitrogens with zero attached hydrogens (tertiary/aromatic N) is 2. The van der Waals surface area contributed by atoms with Crippen LogP contribution in [0.1, 0.15) is 56.4 Å². The second kappa shape index (κ2) is 9.34. The van der Waals surface area contributed by atoms with E-state index in [0.29, 0.717) is 10.1 Å². The first-order valence-corrected chi connectivity index (χ1v) is 12.5. The van der Waals surface area contributed by atoms with Crippen molar-refractivity contribution in [3.05, 3.63) is 63.6 Å². The van der Waals surface area contributed by atoms with E-state index >= 15 is 0 Å². The van der Waals surface area contributed by atoms with Crippen LogP contribution < -0.4 is 15.0 Å². The molecule has 4 rings (SSSR count). The van der Waals surface area contributed by atoms with Crippen molar-refractivity contribution in [2.24, 2.45) is 4.99 Å². The topological polar surface area (TPSA) is 53.9 Å². The minimum Gasteiger partial charge on any atom is -0.496 e. The Bertz CT molecular complexity index is 1240. The maximum Gasteiger partial charge on any atom is 0.264 e. The van der Waals surface area contributed by atoms with E-state index in [1.165, 1.54) is 34.1 Å². The molecule has 1 saturated heterocycles. The van der Waals surface area contributed by atoms with Crippen molar-refractivity contribution < 1.29 is 9.53 Å². The number of fused-ring (bicyclic) bond motifs is 1. The van der Waals surface area contributed by atoms with Gasteiger partial charge in [-0.1, -0.05) is 30.7 Å². The van der Waals surface area contributed by atoms with Gasteiger partial charge in [0, 0.05) is 29.4 Å². The lowest BCUT2D eigenvalue weighted by Gasteiger charge is -2.43. The fourth-order valence-electron chi connectivity index (χ4n) is 4.70. The highest BCUT2D eigenvalue weighted by molar-refractivity contribution is 8.18. The molecule has 2 aliphatic heterocycles. The number of carbonyl (C=O) groups is 1. The van der Waals surface area contributed by atoms with Gasteiger partial charge in [-0.3, -0.25) is 4.79 Å². The van der Waals surface area contributed by atoms with Crippen LogP contribution in [0.5, 0.6) is 5.75 Å². The molecule has 0 aromatic heterocycles. The van der Waals surface area contributed by atoms with Crippen molar-refractivity contribution in [3.8, 4) is 5.75 Å². The number of hydrogen-bond donors (Lipinski definition) is 1. The van der Waals surface area contributed by atoms with Crippen LogP contribution in [0.25, 0.3) is 11.6 Å². The van der Waals surface area contributed by atoms with Gasteiger partial charge in [0.05, 0.1) is 23.2 Å². The lowest BCUT2D eigenvalue weighted by molar-refractivity contribution is -0.115. The number of thioether (sulfide) groups is 1. The Kier molecular flexibility index (Phi) is 6.63. The van der Waals surface area contributed by atoms with E-state index in [4.69, 9.17) is 4.74 Å². The molecule has 2 aromatic carbocycles. The summed E-state index contributed by atoms with van der Waals surface area (Å²) < 4.78 is 5.77. The van der Waals surface area contributed by atoms with E-state index in [1.807, 2.05) is 25.1 Å². The van der Waals surface area contributed by atoms with E-state index < -0.39 is 0 Å². The van der Waals surface area contributed by atoms with Crippen LogP contribution in [0.3, 0.4) is 0 Å². The molecule has 5 nitrogen and oxygen atoms in total. The minimum atomic E-state index is -0.144. The fraction of sp³-hybridized carbons (Fsp3) is 0.357. The SMILES string of the molecule is CCCN1c2cc(OC)c(/C=C3/SC(=Nc4ccc(C)cc4C)NC3=O)cc2C(C)=CC1(C)C. The molecule has 178 valence electrons. The van der Waals surface area contributed by atoms with Crippen LogP contribution in [-0.4, -0.2) is 30.3 Å². The van der Waals surface area contributed by atoms with Crippen LogP contribution in [0.4, 0.5) is 11.4 Å². The Morgan fingerprint density at radius 1 is 1.18 bits per heavy atom. The third-order valence-corrected chi connectivity index (χ3v) is 7.20. The Morgan fingerprint density at radius 3 is 2.62 bits per heavy atom. The summed E-state index contributed by atoms with van der Waals surface area (Å²) in [5.41, 5.74) is 7.53. The standard InChI is InChI=1S/C28H33N3O2S/c1-8-11-31-23-15-24(33-7)20(13-21(23)19(4)16-28(31,5)6)14-25-26(32)30-27(34-25)29-22-10-9-17(2)12-18(22)3/h9-10,12-16H,8,11H2,1-7H3,(H,29,30,32)/b25-14+. The normalized spacial score (nSPS) is 19.3. The molecule has 0 unspecified atom stereocenters. The molecule has 1 fully saturated rings. The van der Waals surface area contributed by atoms with Gasteiger partial charge < -0.3 is 15.0 Å². The summed E-state index contributed by atoms with van der Waals surface area (Å²) in [6.07, 6.45) is 5.28. The second-order valence-corrected chi connectivity index (χ2v) is 10.5. The number of methoxy groups -OCH3 is 1. The number of carbonyl (C=O) groups excluding carboxylic acids is 1. The zero-order valence-electron chi connectivity index (χ0n) is 21.1. The number of ether oxygens (including phenoxy) is 1. The molecule has 0 aliphatic carbocycles. The highest BCUT2D eigenvalue weighted by atomic mass is 32.2. The first-order chi connectivity index (χ1) is 16.1. The summed E-state index contributed by atoms with van der Waals surface area (Å²) in [5.74, 6) is 0.611. The molecular formula is C28H33N3O2S. The number of hydrogen-bond acceptors (Lipinski definition) is 5. The highest BCUT2D eigenvalue weighted by Crippen LogP contribution is 2.43. The Morgan fingerprint density at radius 2 is 1.94 bits per heavy atom. The van der Waals surface area contributed by atoms with Crippen molar-refractivity contribution in [2.45, 2.75) is 53.5 Å². The molecule has 0 spiro atoms. The number of amides is 1. The first-order valence-electron chi connectivity index (χ1n) is 11.7. The summed E-state index contributed by atoms with van der Waals surface area (Å²) in [5, 5.41) is 3.49. The summed E-state index contributed by atoms with van der Waals surface area (Å²) >= 11 is 1.36. The van der Waals surface area contributed by atoms with E-state index in [-0.39, 0.29) is 11.4 Å². The third-order valence-electron chi connectivity index (χ3n) is 6.29. The van der Waals surface area contributed by atoms with E-state index in [1.54, 1.807) is 7.11 Å². The number of amidine groups is 1. The van der Waals surface area contributed by atoms with Crippen molar-refractivity contribution in [3.63, 3.8) is 0 Å². The van der Waals surface area contributed by atoms with Gasteiger partial charge in [-0.2, -0.15) is 0 Å². The van der Waals surface area contributed by atoms with Crippen molar-refractivity contribution >= 4 is 45.9 Å². The van der Waals surface area contributed by atoms with Gasteiger partial charge in [-0.25, -0.2) is 4.99 Å². The zero-order valence-corrected chi connectivity index (χ0v) is 21.9. The van der Waals surface area contributed by atoms with E-state index in [9.17, 15) is 4.79 Å². The average molecular weight is 476 g/mol. The van der Waals surface area contributed by atoms with Gasteiger partial charge in [-0.15, -0.1) is 0 Å². The maximum absolute atomic E-state index is 12.8. The highest BCUT2D eigenvalue weighted by Gasteiger charge is 2.32. The number of aliphatic imine (C=N–C) groups is 1. The van der Waals surface area contributed by atoms with Crippen LogP contribution in [0.2, 0.25) is 0 Å². The molecule has 1 amide bonds. The Hall–Kier alpha value is -2.99. The zero-order chi connectivity index (χ0) is 24.6. The van der Waals surface area contributed by atoms with Crippen LogP contribution in [0, 0.1) is 13.8 Å². The molecule has 0 saturated carbocycles. The van der Waals surface area contributed by atoms with Gasteiger partial charge in [0.1, 0.15) is 5.75 Å². The molecule has 0 radical (unpaired) electrons. The second-order valence-electron chi connectivity index (χ2n) is 9.52. The van der Waals surface area contributed by atoms with E-state index in [2.05, 4.69) is 74.1 Å². The number of allylic oxidation sites excluding steroid dienone is 1. The lowest BCUT2D eigenvalue weighted by Crippen LogP contribution is -2.45. The number of anilines is 1. The largest absolute Gasteiger partial charge is 0.496 e. The smallest absolute Gasteiger partial charge is 0.264 e. The predicted octanol–water partition coefficient (Wildman–Crippen LogP) is 6.62. The number of rotatable bonds is 5. The van der Waals surface area contributed by atoms with Crippen molar-refractivity contribution in [1.29, 1.82) is 0 Å². The lowest BCUT2D eigenvalue weighted by atomic mass is 9.87. The summed E-state index contributed by atoms with van der Waals surface area (Å²) in [4.78, 5) is 20.5. The van der Waals surface area contributed by atoms with Crippen LogP contribution in [0.15, 0.2) is 46.3 Å². The summed E-state index contributed by atoms with van der Waals surface area (Å²) in [6, 6.07) is 10.4. The summed E-state index contributed by atoms with van der Waals surface area (Å²) in [6.45, 7) is 13.9. The Labute approximate surface area is 207 Å². The minimum absolute atomic E-state index is 0.0707. The molecule has 2 heterocycles. The van der Waals surface area contributed by atoms with Crippen LogP contribution >= 0.6 is 11.8 Å². The molecule has 2 aromatic rings. The van der Waals surface area contributed by atoms with Gasteiger partial charge in [0.25, 0.3) is 5.91 Å². The number of nitrogens with one attached hydrogen (secondary N) is 1. The average Bonchev–Trinajstić information content (AvgIpc) is 3.11. The van der Waals surface area contributed by atoms with Crippen LogP contribution in [-0.2, 0) is 4.79 Å². The first kappa shape index (κ1) is 24.1. The fourth-order valence-corrected chi connectivity index (χ4v) is 5.53. The molecule has 0 bridgehead atoms. The Balaban J connectivity index is 1.71. The van der Waals surface area contributed by atoms with Gasteiger partial charge >= 0.3 is 0 Å². The van der Waals surface area contributed by atoms with Gasteiger partial charge in [-0.05, 0) is 82.1 Å². The predicted molar refractivity (Wildman–Crippen MR) is 145 cm³/mol. The van der Waals surface area contributed by atoms with Crippen molar-refractivity contribution in [1.82, 2.24) is 5.32 Å². The molecule has 1 N–H and O–H groups in total. The van der Waals surface area contributed by atoms with Gasteiger partial charge in [0.2, 0.25) is 0 Å². The molecule has 34 heavy (non-hydrogen) atoms. The molecule has 6 heteroatoms. The van der Waals surface area contributed by atoms with E-state index in [0.717, 1.165) is 35.5 Å². The molecule has 0 atom stereocenters. The number of aryl methyl sites for hydroxylation is 2.